The summed E-state index contributed by atoms with van der Waals surface area (Å²) in [5, 5.41) is 0. The number of furan rings is 1. The fourth-order valence-corrected chi connectivity index (χ4v) is 3.56. The Hall–Kier alpha value is -2.23. The fraction of sp³-hybridized carbons (Fsp3) is 0.389. The number of hydrogen-bond acceptors (Lipinski definition) is 3. The van der Waals surface area contributed by atoms with Crippen molar-refractivity contribution < 1.29 is 13.9 Å². The van der Waals surface area contributed by atoms with Gasteiger partial charge in [-0.1, -0.05) is 0 Å². The molecule has 1 amide bonds. The molecule has 4 nitrogen and oxygen atoms in total. The molecule has 1 fully saturated rings. The van der Waals surface area contributed by atoms with Gasteiger partial charge in [0.15, 0.2) is 0 Å². The van der Waals surface area contributed by atoms with Crippen LogP contribution in [0, 0.1) is 0 Å². The number of benzene rings is 1. The van der Waals surface area contributed by atoms with Crippen molar-refractivity contribution >= 4 is 5.91 Å². The Bertz CT molecular complexity index is 702. The summed E-state index contributed by atoms with van der Waals surface area (Å²) in [6, 6.07) is 10.2. The summed E-state index contributed by atoms with van der Waals surface area (Å²) >= 11 is 0. The third-order valence-corrected chi connectivity index (χ3v) is 4.72. The zero-order chi connectivity index (χ0) is 15.1. The molecule has 1 aromatic carbocycles. The molecule has 3 heterocycles. The summed E-state index contributed by atoms with van der Waals surface area (Å²) in [6.45, 7) is 0.784. The number of piperidine rings is 1. The quantitative estimate of drug-likeness (QED) is 0.851. The minimum Gasteiger partial charge on any atom is -0.497 e. The average Bonchev–Trinajstić information content (AvgIpc) is 3.00. The van der Waals surface area contributed by atoms with Gasteiger partial charge in [0.1, 0.15) is 17.3 Å². The average molecular weight is 297 g/mol. The fourth-order valence-electron chi connectivity index (χ4n) is 3.56. The molecular formula is C18H19NO3. The zero-order valence-electron chi connectivity index (χ0n) is 12.7. The second kappa shape index (κ2) is 5.20. The number of hydrogen-bond donors (Lipinski definition) is 0. The summed E-state index contributed by atoms with van der Waals surface area (Å²) < 4.78 is 11.3. The molecule has 4 heteroatoms. The first-order valence-corrected chi connectivity index (χ1v) is 7.83. The number of carbonyl (C=O) groups excluding carboxylic acids is 1. The van der Waals surface area contributed by atoms with Crippen LogP contribution in [0.3, 0.4) is 0 Å². The van der Waals surface area contributed by atoms with Crippen molar-refractivity contribution in [3.63, 3.8) is 0 Å². The predicted octanol–water partition coefficient (Wildman–Crippen LogP) is 3.56. The Kier molecular flexibility index (Phi) is 3.17. The van der Waals surface area contributed by atoms with Crippen molar-refractivity contribution in [3.8, 4) is 17.1 Å². The summed E-state index contributed by atoms with van der Waals surface area (Å²) in [6.07, 6.45) is 3.52. The molecule has 114 valence electrons. The highest BCUT2D eigenvalue weighted by molar-refractivity contribution is 5.78. The molecule has 0 spiro atoms. The van der Waals surface area contributed by atoms with Gasteiger partial charge in [-0.3, -0.25) is 4.79 Å². The summed E-state index contributed by atoms with van der Waals surface area (Å²) in [4.78, 5) is 14.1. The first-order valence-electron chi connectivity index (χ1n) is 7.83. The minimum atomic E-state index is 0.209. The van der Waals surface area contributed by atoms with Crippen LogP contribution in [0.4, 0.5) is 0 Å². The van der Waals surface area contributed by atoms with Crippen LogP contribution in [-0.4, -0.2) is 24.5 Å². The highest BCUT2D eigenvalue weighted by Crippen LogP contribution is 2.40. The molecular weight excluding hydrogens is 278 g/mol. The molecule has 1 atom stereocenters. The van der Waals surface area contributed by atoms with E-state index in [1.807, 2.05) is 29.2 Å². The van der Waals surface area contributed by atoms with E-state index in [2.05, 4.69) is 6.07 Å². The van der Waals surface area contributed by atoms with Gasteiger partial charge in [0, 0.05) is 30.5 Å². The van der Waals surface area contributed by atoms with E-state index >= 15 is 0 Å². The van der Waals surface area contributed by atoms with E-state index in [1.165, 1.54) is 5.56 Å². The smallest absolute Gasteiger partial charge is 0.223 e. The Morgan fingerprint density at radius 3 is 2.82 bits per heavy atom. The van der Waals surface area contributed by atoms with E-state index in [0.29, 0.717) is 6.42 Å². The van der Waals surface area contributed by atoms with Crippen molar-refractivity contribution in [1.82, 2.24) is 4.90 Å². The number of methoxy groups -OCH3 is 1. The number of carbonyl (C=O) groups is 1. The van der Waals surface area contributed by atoms with Crippen molar-refractivity contribution in [1.29, 1.82) is 0 Å². The van der Waals surface area contributed by atoms with E-state index < -0.39 is 0 Å². The Morgan fingerprint density at radius 1 is 1.23 bits per heavy atom. The van der Waals surface area contributed by atoms with E-state index in [1.54, 1.807) is 7.11 Å². The number of ether oxygens (including phenoxy) is 1. The van der Waals surface area contributed by atoms with Crippen molar-refractivity contribution in [2.45, 2.75) is 31.7 Å². The van der Waals surface area contributed by atoms with Crippen molar-refractivity contribution in [3.05, 3.63) is 41.7 Å². The van der Waals surface area contributed by atoms with E-state index in [4.69, 9.17) is 9.15 Å². The molecule has 0 bridgehead atoms. The third-order valence-electron chi connectivity index (χ3n) is 4.72. The van der Waals surface area contributed by atoms with Gasteiger partial charge in [-0.25, -0.2) is 0 Å². The van der Waals surface area contributed by atoms with E-state index in [0.717, 1.165) is 48.6 Å². The minimum absolute atomic E-state index is 0.209. The summed E-state index contributed by atoms with van der Waals surface area (Å²) in [5.74, 6) is 3.05. The van der Waals surface area contributed by atoms with Crippen LogP contribution in [0.15, 0.2) is 34.7 Å². The summed E-state index contributed by atoms with van der Waals surface area (Å²) in [7, 11) is 1.66. The SMILES string of the molecule is COc1ccc(-c2cc3c(o2)CCN2C(=O)CCC[C@H]32)cc1. The Morgan fingerprint density at radius 2 is 2.05 bits per heavy atom. The number of rotatable bonds is 2. The number of fused-ring (bicyclic) bond motifs is 3. The topological polar surface area (TPSA) is 42.7 Å². The van der Waals surface area contributed by atoms with Crippen LogP contribution >= 0.6 is 0 Å². The molecule has 1 aromatic heterocycles. The van der Waals surface area contributed by atoms with Crippen LogP contribution in [0.25, 0.3) is 11.3 Å². The van der Waals surface area contributed by atoms with Crippen LogP contribution in [0.1, 0.15) is 36.6 Å². The van der Waals surface area contributed by atoms with Crippen LogP contribution in [-0.2, 0) is 11.2 Å². The highest BCUT2D eigenvalue weighted by Gasteiger charge is 2.35. The maximum atomic E-state index is 12.1. The first kappa shape index (κ1) is 13.4. The van der Waals surface area contributed by atoms with Crippen molar-refractivity contribution in [2.24, 2.45) is 0 Å². The lowest BCUT2D eigenvalue weighted by Gasteiger charge is -2.38. The molecule has 2 aliphatic heterocycles. The van der Waals surface area contributed by atoms with E-state index in [9.17, 15) is 4.79 Å². The molecule has 0 aliphatic carbocycles. The Labute approximate surface area is 129 Å². The molecule has 0 saturated carbocycles. The maximum Gasteiger partial charge on any atom is 0.223 e. The molecule has 0 N–H and O–H groups in total. The molecule has 0 unspecified atom stereocenters. The van der Waals surface area contributed by atoms with Gasteiger partial charge < -0.3 is 14.1 Å². The molecule has 1 saturated heterocycles. The van der Waals surface area contributed by atoms with Crippen LogP contribution in [0.5, 0.6) is 5.75 Å². The van der Waals surface area contributed by atoms with Crippen LogP contribution in [0.2, 0.25) is 0 Å². The first-order chi connectivity index (χ1) is 10.8. The predicted molar refractivity (Wildman–Crippen MR) is 82.7 cm³/mol. The van der Waals surface area contributed by atoms with Gasteiger partial charge in [0.05, 0.1) is 13.2 Å². The second-order valence-electron chi connectivity index (χ2n) is 5.96. The van der Waals surface area contributed by atoms with Crippen LogP contribution < -0.4 is 4.74 Å². The lowest BCUT2D eigenvalue weighted by molar-refractivity contribution is -0.137. The normalized spacial score (nSPS) is 20.5. The molecule has 4 rings (SSSR count). The van der Waals surface area contributed by atoms with E-state index in [-0.39, 0.29) is 11.9 Å². The van der Waals surface area contributed by atoms with Gasteiger partial charge in [0.2, 0.25) is 5.91 Å². The maximum absolute atomic E-state index is 12.1. The van der Waals surface area contributed by atoms with Gasteiger partial charge in [0.25, 0.3) is 0 Å². The lowest BCUT2D eigenvalue weighted by Crippen LogP contribution is -2.42. The molecule has 2 aromatic rings. The number of nitrogens with zero attached hydrogens (tertiary/aromatic N) is 1. The lowest BCUT2D eigenvalue weighted by atomic mass is 9.90. The largest absolute Gasteiger partial charge is 0.497 e. The molecule has 0 radical (unpaired) electrons. The van der Waals surface area contributed by atoms with Crippen molar-refractivity contribution in [2.75, 3.05) is 13.7 Å². The number of amides is 1. The highest BCUT2D eigenvalue weighted by atomic mass is 16.5. The third kappa shape index (κ3) is 2.10. The van der Waals surface area contributed by atoms with Gasteiger partial charge in [-0.2, -0.15) is 0 Å². The monoisotopic (exact) mass is 297 g/mol. The molecule has 2 aliphatic rings. The Balaban J connectivity index is 1.69. The van der Waals surface area contributed by atoms with Gasteiger partial charge in [-0.05, 0) is 43.2 Å². The van der Waals surface area contributed by atoms with Gasteiger partial charge in [-0.15, -0.1) is 0 Å². The second-order valence-corrected chi connectivity index (χ2v) is 5.96. The molecule has 22 heavy (non-hydrogen) atoms. The zero-order valence-corrected chi connectivity index (χ0v) is 12.7. The summed E-state index contributed by atoms with van der Waals surface area (Å²) in [5.41, 5.74) is 2.24. The van der Waals surface area contributed by atoms with Gasteiger partial charge >= 0.3 is 0 Å². The standard InChI is InChI=1S/C18H19NO3/c1-21-13-7-5-12(6-8-13)17-11-14-15-3-2-4-18(20)19(15)10-9-16(14)22-17/h5-8,11,15H,2-4,9-10H2,1H3/t15-/m1/s1.